The van der Waals surface area contributed by atoms with Crippen LogP contribution in [0.5, 0.6) is 0 Å². The summed E-state index contributed by atoms with van der Waals surface area (Å²) in [5.41, 5.74) is 5.29. The Morgan fingerprint density at radius 2 is 1.95 bits per heavy atom. The number of hydrogen-bond donors (Lipinski definition) is 1. The summed E-state index contributed by atoms with van der Waals surface area (Å²) in [5.74, 6) is 0.310. The zero-order chi connectivity index (χ0) is 14.6. The van der Waals surface area contributed by atoms with E-state index < -0.39 is 17.8 Å². The minimum absolute atomic E-state index is 0.0987. The van der Waals surface area contributed by atoms with E-state index in [0.717, 1.165) is 6.07 Å². The number of rotatable bonds is 4. The number of hydrogen-bond acceptors (Lipinski definition) is 4. The third-order valence-corrected chi connectivity index (χ3v) is 3.69. The number of nitrogens with zero attached hydrogens (tertiary/aromatic N) is 2. The molecule has 3 nitrogen and oxygen atoms in total. The molecule has 0 fully saturated rings. The van der Waals surface area contributed by atoms with Gasteiger partial charge in [-0.25, -0.2) is 9.97 Å². The highest BCUT2D eigenvalue weighted by Crippen LogP contribution is 2.35. The lowest BCUT2D eigenvalue weighted by Gasteiger charge is -2.17. The molecule has 1 heterocycles. The molecule has 0 saturated heterocycles. The monoisotopic (exact) mass is 299 g/mol. The molecule has 2 rings (SSSR count). The summed E-state index contributed by atoms with van der Waals surface area (Å²) in [4.78, 5) is 7.76. The molecule has 2 N–H and O–H groups in total. The molecule has 0 spiro atoms. The van der Waals surface area contributed by atoms with E-state index in [4.69, 9.17) is 5.73 Å². The minimum Gasteiger partial charge on any atom is -0.323 e. The third kappa shape index (κ3) is 3.71. The average Bonchev–Trinajstić information content (AvgIpc) is 2.45. The molecule has 0 aliphatic rings. The van der Waals surface area contributed by atoms with Gasteiger partial charge in [0.1, 0.15) is 6.33 Å². The zero-order valence-corrected chi connectivity index (χ0v) is 11.2. The maximum atomic E-state index is 12.9. The molecule has 1 aromatic carbocycles. The molecule has 1 atom stereocenters. The van der Waals surface area contributed by atoms with Crippen LogP contribution in [0.1, 0.15) is 17.2 Å². The standard InChI is InChI=1S/C13H12F3N3S/c14-13(15,16)10-4-2-1-3-9(10)11(17)7-20-12-5-6-18-8-19-12/h1-6,8,11H,7,17H2. The summed E-state index contributed by atoms with van der Waals surface area (Å²) in [7, 11) is 0. The van der Waals surface area contributed by atoms with Crippen molar-refractivity contribution in [3.05, 3.63) is 54.0 Å². The number of halogens is 3. The maximum Gasteiger partial charge on any atom is 0.416 e. The molecule has 0 saturated carbocycles. The smallest absolute Gasteiger partial charge is 0.323 e. The minimum atomic E-state index is -4.40. The number of aromatic nitrogens is 2. The van der Waals surface area contributed by atoms with Gasteiger partial charge in [0, 0.05) is 18.0 Å². The normalized spacial score (nSPS) is 13.2. The Hall–Kier alpha value is -1.60. The van der Waals surface area contributed by atoms with Gasteiger partial charge in [-0.3, -0.25) is 0 Å². The van der Waals surface area contributed by atoms with Gasteiger partial charge in [-0.05, 0) is 17.7 Å². The number of alkyl halides is 3. The molecule has 1 unspecified atom stereocenters. The van der Waals surface area contributed by atoms with Crippen molar-refractivity contribution < 1.29 is 13.2 Å². The summed E-state index contributed by atoms with van der Waals surface area (Å²) in [6.45, 7) is 0. The quantitative estimate of drug-likeness (QED) is 0.695. The van der Waals surface area contributed by atoms with Gasteiger partial charge in [0.05, 0.1) is 10.6 Å². The van der Waals surface area contributed by atoms with E-state index in [9.17, 15) is 13.2 Å². The Morgan fingerprint density at radius 1 is 1.20 bits per heavy atom. The Morgan fingerprint density at radius 3 is 2.60 bits per heavy atom. The molecule has 0 amide bonds. The SMILES string of the molecule is NC(CSc1ccncn1)c1ccccc1C(F)(F)F. The first-order valence-electron chi connectivity index (χ1n) is 5.79. The van der Waals surface area contributed by atoms with Crippen LogP contribution in [0.2, 0.25) is 0 Å². The Kier molecular flexibility index (Phi) is 4.61. The predicted octanol–water partition coefficient (Wildman–Crippen LogP) is 3.29. The first kappa shape index (κ1) is 14.8. The molecule has 7 heteroatoms. The molecule has 0 aliphatic heterocycles. The van der Waals surface area contributed by atoms with E-state index in [0.29, 0.717) is 10.8 Å². The number of thioether (sulfide) groups is 1. The van der Waals surface area contributed by atoms with E-state index in [1.807, 2.05) is 0 Å². The largest absolute Gasteiger partial charge is 0.416 e. The van der Waals surface area contributed by atoms with Crippen LogP contribution in [0.3, 0.4) is 0 Å². The van der Waals surface area contributed by atoms with Crippen LogP contribution < -0.4 is 5.73 Å². The van der Waals surface area contributed by atoms with Gasteiger partial charge in [0.15, 0.2) is 0 Å². The molecule has 1 aromatic heterocycles. The Balaban J connectivity index is 2.12. The highest BCUT2D eigenvalue weighted by molar-refractivity contribution is 7.99. The van der Waals surface area contributed by atoms with Gasteiger partial charge in [-0.15, -0.1) is 11.8 Å². The van der Waals surface area contributed by atoms with Crippen molar-refractivity contribution in [2.75, 3.05) is 5.75 Å². The van der Waals surface area contributed by atoms with Crippen molar-refractivity contribution in [2.45, 2.75) is 17.2 Å². The van der Waals surface area contributed by atoms with Gasteiger partial charge in [-0.2, -0.15) is 13.2 Å². The highest BCUT2D eigenvalue weighted by atomic mass is 32.2. The summed E-state index contributed by atoms with van der Waals surface area (Å²) >= 11 is 1.30. The van der Waals surface area contributed by atoms with Crippen molar-refractivity contribution >= 4 is 11.8 Å². The second kappa shape index (κ2) is 6.23. The number of nitrogens with two attached hydrogens (primary N) is 1. The van der Waals surface area contributed by atoms with Crippen LogP contribution in [-0.2, 0) is 6.18 Å². The Labute approximate surface area is 118 Å². The topological polar surface area (TPSA) is 51.8 Å². The van der Waals surface area contributed by atoms with Crippen molar-refractivity contribution in [1.82, 2.24) is 9.97 Å². The lowest BCUT2D eigenvalue weighted by Crippen LogP contribution is -2.19. The molecule has 0 radical (unpaired) electrons. The molecule has 0 bridgehead atoms. The van der Waals surface area contributed by atoms with Gasteiger partial charge >= 0.3 is 6.18 Å². The molecule has 20 heavy (non-hydrogen) atoms. The second-order valence-corrected chi connectivity index (χ2v) is 5.09. The van der Waals surface area contributed by atoms with Crippen LogP contribution in [0.25, 0.3) is 0 Å². The maximum absolute atomic E-state index is 12.9. The van der Waals surface area contributed by atoms with Crippen molar-refractivity contribution in [1.29, 1.82) is 0 Å². The van der Waals surface area contributed by atoms with Gasteiger partial charge in [0.25, 0.3) is 0 Å². The van der Waals surface area contributed by atoms with Crippen LogP contribution in [0, 0.1) is 0 Å². The fraction of sp³-hybridized carbons (Fsp3) is 0.231. The third-order valence-electron chi connectivity index (χ3n) is 2.63. The Bertz CT molecular complexity index is 560. The molecule has 2 aromatic rings. The van der Waals surface area contributed by atoms with Gasteiger partial charge in [-0.1, -0.05) is 18.2 Å². The number of benzene rings is 1. The van der Waals surface area contributed by atoms with Crippen molar-refractivity contribution in [2.24, 2.45) is 5.73 Å². The second-order valence-electron chi connectivity index (χ2n) is 4.05. The highest BCUT2D eigenvalue weighted by Gasteiger charge is 2.34. The summed E-state index contributed by atoms with van der Waals surface area (Å²) in [5, 5.41) is 0.680. The van der Waals surface area contributed by atoms with E-state index in [1.165, 1.54) is 30.2 Å². The first-order chi connectivity index (χ1) is 9.48. The summed E-state index contributed by atoms with van der Waals surface area (Å²) in [6, 6.07) is 6.34. The predicted molar refractivity (Wildman–Crippen MR) is 71.1 cm³/mol. The molecule has 0 aliphatic carbocycles. The average molecular weight is 299 g/mol. The summed E-state index contributed by atoms with van der Waals surface area (Å²) < 4.78 is 38.7. The van der Waals surface area contributed by atoms with Gasteiger partial charge in [0.2, 0.25) is 0 Å². The van der Waals surface area contributed by atoms with E-state index in [1.54, 1.807) is 18.3 Å². The van der Waals surface area contributed by atoms with Crippen LogP contribution >= 0.6 is 11.8 Å². The van der Waals surface area contributed by atoms with Crippen LogP contribution in [0.4, 0.5) is 13.2 Å². The van der Waals surface area contributed by atoms with Gasteiger partial charge < -0.3 is 5.73 Å². The fourth-order valence-corrected chi connectivity index (χ4v) is 2.52. The van der Waals surface area contributed by atoms with Crippen LogP contribution in [0.15, 0.2) is 47.9 Å². The van der Waals surface area contributed by atoms with E-state index in [2.05, 4.69) is 9.97 Å². The summed E-state index contributed by atoms with van der Waals surface area (Å²) in [6.07, 6.45) is -1.43. The van der Waals surface area contributed by atoms with E-state index >= 15 is 0 Å². The molecular formula is C13H12F3N3S. The lowest BCUT2D eigenvalue weighted by molar-refractivity contribution is -0.138. The van der Waals surface area contributed by atoms with E-state index in [-0.39, 0.29) is 5.56 Å². The molecular weight excluding hydrogens is 287 g/mol. The first-order valence-corrected chi connectivity index (χ1v) is 6.77. The van der Waals surface area contributed by atoms with Crippen LogP contribution in [-0.4, -0.2) is 15.7 Å². The molecule has 106 valence electrons. The fourth-order valence-electron chi connectivity index (χ4n) is 1.71. The van der Waals surface area contributed by atoms with Crippen molar-refractivity contribution in [3.63, 3.8) is 0 Å². The van der Waals surface area contributed by atoms with Crippen molar-refractivity contribution in [3.8, 4) is 0 Å². The zero-order valence-electron chi connectivity index (χ0n) is 10.3. The lowest BCUT2D eigenvalue weighted by atomic mass is 10.0.